The normalized spacial score (nSPS) is 11.5. The molecule has 0 bridgehead atoms. The Bertz CT molecular complexity index is 428. The first kappa shape index (κ1) is 15.0. The summed E-state index contributed by atoms with van der Waals surface area (Å²) in [6, 6.07) is 7.08. The van der Waals surface area contributed by atoms with Crippen molar-refractivity contribution < 1.29 is 19.1 Å². The molecular weight excluding hydrogens is 246 g/mol. The molecule has 0 saturated carbocycles. The third-order valence-corrected chi connectivity index (χ3v) is 2.74. The Morgan fingerprint density at radius 3 is 2.32 bits per heavy atom. The Morgan fingerprint density at radius 1 is 1.16 bits per heavy atom. The van der Waals surface area contributed by atoms with E-state index in [0.29, 0.717) is 6.42 Å². The molecule has 0 unspecified atom stereocenters. The van der Waals surface area contributed by atoms with Gasteiger partial charge in [0.05, 0.1) is 14.2 Å². The van der Waals surface area contributed by atoms with E-state index in [4.69, 9.17) is 4.74 Å². The molecule has 0 radical (unpaired) electrons. The Hall–Kier alpha value is -2.04. The van der Waals surface area contributed by atoms with Crippen LogP contribution < -0.4 is 5.32 Å². The molecule has 0 aromatic heterocycles. The highest BCUT2D eigenvalue weighted by atomic mass is 16.5. The maximum absolute atomic E-state index is 11.6. The highest BCUT2D eigenvalue weighted by Gasteiger charge is 2.20. The van der Waals surface area contributed by atoms with E-state index in [1.54, 1.807) is 0 Å². The number of hydrogen-bond acceptors (Lipinski definition) is 5. The van der Waals surface area contributed by atoms with E-state index >= 15 is 0 Å². The van der Waals surface area contributed by atoms with Gasteiger partial charge in [0.1, 0.15) is 6.04 Å². The van der Waals surface area contributed by atoms with Gasteiger partial charge in [0.2, 0.25) is 0 Å². The fraction of sp³-hybridized carbons (Fsp3) is 0.429. The number of benzene rings is 1. The molecule has 0 spiro atoms. The van der Waals surface area contributed by atoms with Crippen molar-refractivity contribution in [2.45, 2.75) is 25.8 Å². The number of rotatable bonds is 6. The van der Waals surface area contributed by atoms with E-state index in [0.717, 1.165) is 11.3 Å². The summed E-state index contributed by atoms with van der Waals surface area (Å²) in [6.07, 6.45) is 0.488. The van der Waals surface area contributed by atoms with Crippen LogP contribution in [-0.4, -0.2) is 32.2 Å². The number of esters is 2. The topological polar surface area (TPSA) is 64.6 Å². The van der Waals surface area contributed by atoms with Crippen molar-refractivity contribution in [2.24, 2.45) is 0 Å². The van der Waals surface area contributed by atoms with E-state index in [-0.39, 0.29) is 12.4 Å². The number of methoxy groups -OCH3 is 2. The summed E-state index contributed by atoms with van der Waals surface area (Å²) >= 11 is 0. The van der Waals surface area contributed by atoms with Crippen LogP contribution in [0.1, 0.15) is 18.4 Å². The van der Waals surface area contributed by atoms with E-state index in [2.05, 4.69) is 10.1 Å². The highest BCUT2D eigenvalue weighted by Crippen LogP contribution is 2.13. The molecule has 0 aliphatic rings. The average molecular weight is 265 g/mol. The molecule has 5 nitrogen and oxygen atoms in total. The molecule has 1 aromatic carbocycles. The molecule has 104 valence electrons. The van der Waals surface area contributed by atoms with Crippen LogP contribution in [0.5, 0.6) is 0 Å². The second-order valence-corrected chi connectivity index (χ2v) is 4.20. The van der Waals surface area contributed by atoms with E-state index in [1.807, 2.05) is 31.2 Å². The summed E-state index contributed by atoms with van der Waals surface area (Å²) in [6.45, 7) is 1.98. The highest BCUT2D eigenvalue weighted by molar-refractivity contribution is 5.80. The molecule has 0 fully saturated rings. The van der Waals surface area contributed by atoms with Gasteiger partial charge < -0.3 is 14.8 Å². The predicted octanol–water partition coefficient (Wildman–Crippen LogP) is 1.90. The molecule has 0 heterocycles. The molecule has 1 atom stereocenters. The maximum Gasteiger partial charge on any atom is 0.328 e. The van der Waals surface area contributed by atoms with Crippen molar-refractivity contribution in [1.29, 1.82) is 0 Å². The van der Waals surface area contributed by atoms with E-state index in [1.165, 1.54) is 14.2 Å². The zero-order chi connectivity index (χ0) is 14.3. The van der Waals surface area contributed by atoms with Gasteiger partial charge in [0, 0.05) is 12.1 Å². The number of carbonyl (C=O) groups excluding carboxylic acids is 2. The molecular formula is C14H19NO4. The largest absolute Gasteiger partial charge is 0.469 e. The first-order chi connectivity index (χ1) is 9.06. The van der Waals surface area contributed by atoms with Crippen molar-refractivity contribution >= 4 is 17.6 Å². The quantitative estimate of drug-likeness (QED) is 0.796. The van der Waals surface area contributed by atoms with Crippen LogP contribution in [0.15, 0.2) is 24.3 Å². The minimum absolute atomic E-state index is 0.162. The van der Waals surface area contributed by atoms with Crippen LogP contribution >= 0.6 is 0 Å². The molecule has 1 aromatic rings. The maximum atomic E-state index is 11.6. The third kappa shape index (κ3) is 4.99. The minimum atomic E-state index is -0.563. The van der Waals surface area contributed by atoms with Crippen LogP contribution in [0.25, 0.3) is 0 Å². The fourth-order valence-electron chi connectivity index (χ4n) is 1.61. The van der Waals surface area contributed by atoms with Crippen molar-refractivity contribution in [3.63, 3.8) is 0 Å². The Morgan fingerprint density at radius 2 is 1.79 bits per heavy atom. The van der Waals surface area contributed by atoms with E-state index < -0.39 is 12.0 Å². The van der Waals surface area contributed by atoms with Gasteiger partial charge in [0.15, 0.2) is 0 Å². The number of hydrogen-bond donors (Lipinski definition) is 1. The smallest absolute Gasteiger partial charge is 0.328 e. The van der Waals surface area contributed by atoms with Gasteiger partial charge in [0.25, 0.3) is 0 Å². The standard InChI is InChI=1S/C14H19NO4/c1-10-4-6-11(7-5-10)15-12(14(17)19-3)8-9-13(16)18-2/h4-7,12,15H,8-9H2,1-3H3/t12-/m0/s1. The summed E-state index contributed by atoms with van der Waals surface area (Å²) in [5.41, 5.74) is 1.94. The molecule has 1 rings (SSSR count). The van der Waals surface area contributed by atoms with Crippen molar-refractivity contribution in [3.05, 3.63) is 29.8 Å². The van der Waals surface area contributed by atoms with Gasteiger partial charge in [-0.25, -0.2) is 4.79 Å². The lowest BCUT2D eigenvalue weighted by molar-refractivity contribution is -0.143. The number of nitrogens with one attached hydrogen (secondary N) is 1. The van der Waals surface area contributed by atoms with Gasteiger partial charge in [-0.1, -0.05) is 17.7 Å². The molecule has 0 aliphatic heterocycles. The first-order valence-electron chi connectivity index (χ1n) is 6.04. The van der Waals surface area contributed by atoms with Gasteiger partial charge in [-0.15, -0.1) is 0 Å². The van der Waals surface area contributed by atoms with Crippen molar-refractivity contribution in [2.75, 3.05) is 19.5 Å². The summed E-state index contributed by atoms with van der Waals surface area (Å²) in [5.74, 6) is -0.746. The summed E-state index contributed by atoms with van der Waals surface area (Å²) in [4.78, 5) is 22.8. The van der Waals surface area contributed by atoms with Crippen LogP contribution in [0.4, 0.5) is 5.69 Å². The molecule has 0 amide bonds. The molecule has 19 heavy (non-hydrogen) atoms. The zero-order valence-electron chi connectivity index (χ0n) is 11.4. The second-order valence-electron chi connectivity index (χ2n) is 4.20. The van der Waals surface area contributed by atoms with Crippen LogP contribution in [0.3, 0.4) is 0 Å². The van der Waals surface area contributed by atoms with Gasteiger partial charge in [-0.05, 0) is 25.5 Å². The molecule has 1 N–H and O–H groups in total. The SMILES string of the molecule is COC(=O)CC[C@H](Nc1ccc(C)cc1)C(=O)OC. The molecule has 5 heteroatoms. The number of carbonyl (C=O) groups is 2. The number of anilines is 1. The van der Waals surface area contributed by atoms with Gasteiger partial charge in [-0.3, -0.25) is 4.79 Å². The number of aryl methyl sites for hydroxylation is 1. The summed E-state index contributed by atoms with van der Waals surface area (Å²) < 4.78 is 9.28. The Balaban J connectivity index is 2.66. The monoisotopic (exact) mass is 265 g/mol. The Labute approximate surface area is 112 Å². The summed E-state index contributed by atoms with van der Waals surface area (Å²) in [7, 11) is 2.65. The van der Waals surface area contributed by atoms with Crippen LogP contribution in [-0.2, 0) is 19.1 Å². The van der Waals surface area contributed by atoms with Crippen LogP contribution in [0.2, 0.25) is 0 Å². The lowest BCUT2D eigenvalue weighted by Crippen LogP contribution is -2.31. The lowest BCUT2D eigenvalue weighted by atomic mass is 10.1. The second kappa shape index (κ2) is 7.41. The van der Waals surface area contributed by atoms with Crippen molar-refractivity contribution in [3.8, 4) is 0 Å². The third-order valence-electron chi connectivity index (χ3n) is 2.74. The predicted molar refractivity (Wildman–Crippen MR) is 71.9 cm³/mol. The van der Waals surface area contributed by atoms with Gasteiger partial charge in [-0.2, -0.15) is 0 Å². The first-order valence-corrected chi connectivity index (χ1v) is 6.04. The molecule has 0 saturated heterocycles. The minimum Gasteiger partial charge on any atom is -0.469 e. The zero-order valence-corrected chi connectivity index (χ0v) is 11.4. The van der Waals surface area contributed by atoms with E-state index in [9.17, 15) is 9.59 Å². The molecule has 0 aliphatic carbocycles. The lowest BCUT2D eigenvalue weighted by Gasteiger charge is -2.17. The van der Waals surface area contributed by atoms with Gasteiger partial charge >= 0.3 is 11.9 Å². The van der Waals surface area contributed by atoms with Crippen LogP contribution in [0, 0.1) is 6.92 Å². The average Bonchev–Trinajstić information content (AvgIpc) is 2.44. The fourth-order valence-corrected chi connectivity index (χ4v) is 1.61. The van der Waals surface area contributed by atoms with Crippen molar-refractivity contribution in [1.82, 2.24) is 0 Å². The Kier molecular flexibility index (Phi) is 5.85. The number of ether oxygens (including phenoxy) is 2. The summed E-state index contributed by atoms with van der Waals surface area (Å²) in [5, 5.41) is 3.05.